The van der Waals surface area contributed by atoms with Crippen molar-refractivity contribution in [1.82, 2.24) is 0 Å². The fourth-order valence-corrected chi connectivity index (χ4v) is 3.10. The zero-order chi connectivity index (χ0) is 21.6. The lowest BCUT2D eigenvalue weighted by atomic mass is 10.0. The van der Waals surface area contributed by atoms with Crippen molar-refractivity contribution < 1.29 is 22.8 Å². The molecule has 0 heterocycles. The van der Waals surface area contributed by atoms with Crippen molar-refractivity contribution in [2.24, 2.45) is 0 Å². The number of para-hydroxylation sites is 1. The highest BCUT2D eigenvalue weighted by molar-refractivity contribution is 6.09. The molecule has 0 saturated carbocycles. The van der Waals surface area contributed by atoms with Gasteiger partial charge in [0.15, 0.2) is 5.78 Å². The summed E-state index contributed by atoms with van der Waals surface area (Å²) < 4.78 is 38.7. The van der Waals surface area contributed by atoms with Crippen LogP contribution in [0.2, 0.25) is 0 Å². The smallest absolute Gasteiger partial charge is 0.321 e. The van der Waals surface area contributed by atoms with E-state index in [1.807, 2.05) is 30.3 Å². The molecule has 0 unspecified atom stereocenters. The molecule has 3 aromatic rings. The number of hydrogen-bond donors (Lipinski definition) is 1. The molecule has 0 fully saturated rings. The summed E-state index contributed by atoms with van der Waals surface area (Å²) in [7, 11) is 0. The molecule has 3 aromatic carbocycles. The Bertz CT molecular complexity index is 1030. The summed E-state index contributed by atoms with van der Waals surface area (Å²) in [6.45, 7) is 0. The fraction of sp³-hybridized carbons (Fsp3) is 0.167. The number of carbonyl (C=O) groups is 2. The number of alkyl halides is 3. The molecular formula is C24H20F3NO2. The quantitative estimate of drug-likeness (QED) is 0.473. The lowest BCUT2D eigenvalue weighted by Crippen LogP contribution is -2.16. The minimum absolute atomic E-state index is 0.129. The van der Waals surface area contributed by atoms with Crippen LogP contribution in [0, 0.1) is 0 Å². The molecule has 0 saturated heterocycles. The van der Waals surface area contributed by atoms with Crippen LogP contribution in [0.3, 0.4) is 0 Å². The second-order valence-corrected chi connectivity index (χ2v) is 6.84. The number of carbonyl (C=O) groups excluding carboxylic acids is 2. The van der Waals surface area contributed by atoms with Gasteiger partial charge in [-0.05, 0) is 48.7 Å². The molecule has 1 amide bonds. The number of rotatable bonds is 7. The molecule has 0 aromatic heterocycles. The van der Waals surface area contributed by atoms with Gasteiger partial charge in [-0.1, -0.05) is 48.5 Å². The van der Waals surface area contributed by atoms with Gasteiger partial charge in [0, 0.05) is 17.5 Å². The van der Waals surface area contributed by atoms with Gasteiger partial charge >= 0.3 is 6.18 Å². The summed E-state index contributed by atoms with van der Waals surface area (Å²) in [5, 5.41) is 2.57. The van der Waals surface area contributed by atoms with Crippen LogP contribution in [0.1, 0.15) is 44.7 Å². The number of halogens is 3. The lowest BCUT2D eigenvalue weighted by Gasteiger charge is -2.12. The average molecular weight is 411 g/mol. The highest BCUT2D eigenvalue weighted by Crippen LogP contribution is 2.30. The van der Waals surface area contributed by atoms with Crippen LogP contribution >= 0.6 is 0 Å². The summed E-state index contributed by atoms with van der Waals surface area (Å²) in [6, 6.07) is 20.5. The minimum atomic E-state index is -4.54. The van der Waals surface area contributed by atoms with Gasteiger partial charge in [-0.2, -0.15) is 13.2 Å². The Labute approximate surface area is 172 Å². The number of ketones is 1. The third kappa shape index (κ3) is 5.56. The third-order valence-corrected chi connectivity index (χ3v) is 4.64. The number of anilines is 1. The van der Waals surface area contributed by atoms with E-state index in [4.69, 9.17) is 0 Å². The van der Waals surface area contributed by atoms with E-state index >= 15 is 0 Å². The van der Waals surface area contributed by atoms with Gasteiger partial charge in [0.25, 0.3) is 5.91 Å². The topological polar surface area (TPSA) is 46.2 Å². The maximum Gasteiger partial charge on any atom is 0.416 e. The number of nitrogens with one attached hydrogen (secondary N) is 1. The molecule has 0 radical (unpaired) electrons. The van der Waals surface area contributed by atoms with Crippen molar-refractivity contribution in [2.75, 3.05) is 5.32 Å². The molecule has 0 bridgehead atoms. The standard InChI is InChI=1S/C24H20F3NO2/c25-24(26,27)19-12-7-11-18(16-19)23(30)28-21-14-5-4-13-20(21)22(29)15-6-10-17-8-2-1-3-9-17/h1-5,7-9,11-14,16H,6,10,15H2,(H,28,30). The van der Waals surface area contributed by atoms with Crippen LogP contribution in [-0.2, 0) is 12.6 Å². The molecule has 1 N–H and O–H groups in total. The number of amides is 1. The lowest BCUT2D eigenvalue weighted by molar-refractivity contribution is -0.137. The van der Waals surface area contributed by atoms with Gasteiger partial charge in [0.2, 0.25) is 0 Å². The molecule has 0 aliphatic rings. The Balaban J connectivity index is 1.69. The van der Waals surface area contributed by atoms with E-state index in [9.17, 15) is 22.8 Å². The first-order valence-electron chi connectivity index (χ1n) is 9.49. The van der Waals surface area contributed by atoms with Crippen LogP contribution in [-0.4, -0.2) is 11.7 Å². The van der Waals surface area contributed by atoms with E-state index < -0.39 is 17.6 Å². The highest BCUT2D eigenvalue weighted by atomic mass is 19.4. The molecule has 0 aliphatic carbocycles. The first-order valence-corrected chi connectivity index (χ1v) is 9.49. The van der Waals surface area contributed by atoms with Crippen molar-refractivity contribution in [2.45, 2.75) is 25.4 Å². The molecule has 0 aliphatic heterocycles. The van der Waals surface area contributed by atoms with E-state index in [1.165, 1.54) is 12.1 Å². The number of benzene rings is 3. The summed E-state index contributed by atoms with van der Waals surface area (Å²) in [6.07, 6.45) is -2.83. The van der Waals surface area contributed by atoms with E-state index in [0.717, 1.165) is 24.1 Å². The number of aryl methyl sites for hydroxylation is 1. The van der Waals surface area contributed by atoms with Crippen LogP contribution in [0.5, 0.6) is 0 Å². The molecular weight excluding hydrogens is 391 g/mol. The van der Waals surface area contributed by atoms with Crippen molar-refractivity contribution >= 4 is 17.4 Å². The van der Waals surface area contributed by atoms with E-state index in [2.05, 4.69) is 5.32 Å². The van der Waals surface area contributed by atoms with Crippen molar-refractivity contribution in [3.63, 3.8) is 0 Å². The molecule has 3 nitrogen and oxygen atoms in total. The maximum atomic E-state index is 12.9. The first-order chi connectivity index (χ1) is 14.3. The Morgan fingerprint density at radius 1 is 0.833 bits per heavy atom. The van der Waals surface area contributed by atoms with Gasteiger partial charge in [-0.3, -0.25) is 9.59 Å². The van der Waals surface area contributed by atoms with Crippen LogP contribution in [0.15, 0.2) is 78.9 Å². The Kier molecular flexibility index (Phi) is 6.67. The maximum absolute atomic E-state index is 12.9. The first kappa shape index (κ1) is 21.3. The van der Waals surface area contributed by atoms with Crippen molar-refractivity contribution in [3.05, 3.63) is 101 Å². The average Bonchev–Trinajstić information content (AvgIpc) is 2.74. The summed E-state index contributed by atoms with van der Waals surface area (Å²) in [5.74, 6) is -0.837. The van der Waals surface area contributed by atoms with Gasteiger partial charge < -0.3 is 5.32 Å². The van der Waals surface area contributed by atoms with E-state index in [0.29, 0.717) is 18.4 Å². The SMILES string of the molecule is O=C(Nc1ccccc1C(=O)CCCc1ccccc1)c1cccc(C(F)(F)F)c1. The van der Waals surface area contributed by atoms with Crippen LogP contribution in [0.25, 0.3) is 0 Å². The minimum Gasteiger partial charge on any atom is -0.321 e. The molecule has 0 atom stereocenters. The normalized spacial score (nSPS) is 11.2. The fourth-order valence-electron chi connectivity index (χ4n) is 3.10. The van der Waals surface area contributed by atoms with Crippen LogP contribution < -0.4 is 5.32 Å². The van der Waals surface area contributed by atoms with E-state index in [1.54, 1.807) is 24.3 Å². The molecule has 154 valence electrons. The number of Topliss-reactive ketones (excluding diaryl/α,β-unsaturated/α-hetero) is 1. The van der Waals surface area contributed by atoms with Crippen molar-refractivity contribution in [1.29, 1.82) is 0 Å². The Morgan fingerprint density at radius 2 is 1.53 bits per heavy atom. The predicted molar refractivity (Wildman–Crippen MR) is 110 cm³/mol. The molecule has 0 spiro atoms. The third-order valence-electron chi connectivity index (χ3n) is 4.64. The number of hydrogen-bond acceptors (Lipinski definition) is 2. The van der Waals surface area contributed by atoms with Gasteiger partial charge in [-0.15, -0.1) is 0 Å². The largest absolute Gasteiger partial charge is 0.416 e. The van der Waals surface area contributed by atoms with Gasteiger partial charge in [0.1, 0.15) is 0 Å². The van der Waals surface area contributed by atoms with Crippen LogP contribution in [0.4, 0.5) is 18.9 Å². The molecule has 6 heteroatoms. The zero-order valence-electron chi connectivity index (χ0n) is 16.1. The van der Waals surface area contributed by atoms with Crippen molar-refractivity contribution in [3.8, 4) is 0 Å². The summed E-state index contributed by atoms with van der Waals surface area (Å²) >= 11 is 0. The van der Waals surface area contributed by atoms with Gasteiger partial charge in [0.05, 0.1) is 11.3 Å². The second-order valence-electron chi connectivity index (χ2n) is 6.84. The Morgan fingerprint density at radius 3 is 2.27 bits per heavy atom. The van der Waals surface area contributed by atoms with Gasteiger partial charge in [-0.25, -0.2) is 0 Å². The zero-order valence-corrected chi connectivity index (χ0v) is 16.1. The second kappa shape index (κ2) is 9.39. The van der Waals surface area contributed by atoms with E-state index in [-0.39, 0.29) is 17.0 Å². The summed E-state index contributed by atoms with van der Waals surface area (Å²) in [4.78, 5) is 25.1. The summed E-state index contributed by atoms with van der Waals surface area (Å²) in [5.41, 5.74) is 0.725. The Hall–Kier alpha value is -3.41. The monoisotopic (exact) mass is 411 g/mol. The molecule has 3 rings (SSSR count). The highest BCUT2D eigenvalue weighted by Gasteiger charge is 2.31. The molecule has 30 heavy (non-hydrogen) atoms. The predicted octanol–water partition coefficient (Wildman–Crippen LogP) is 6.16.